The lowest BCUT2D eigenvalue weighted by Gasteiger charge is -2.23. The first-order chi connectivity index (χ1) is 9.30. The topological polar surface area (TPSA) is 62.3 Å². The first kappa shape index (κ1) is 16.1. The SMILES string of the molecule is CC(=O)N(CCNC(=O)C(C)(C)C)Cc1cccnc1. The van der Waals surface area contributed by atoms with Gasteiger partial charge in [0.25, 0.3) is 0 Å². The highest BCUT2D eigenvalue weighted by atomic mass is 16.2. The van der Waals surface area contributed by atoms with Crippen molar-refractivity contribution in [3.05, 3.63) is 30.1 Å². The van der Waals surface area contributed by atoms with Crippen molar-refractivity contribution in [2.45, 2.75) is 34.2 Å². The first-order valence-corrected chi connectivity index (χ1v) is 6.73. The van der Waals surface area contributed by atoms with Crippen LogP contribution in [0, 0.1) is 5.41 Å². The lowest BCUT2D eigenvalue weighted by atomic mass is 9.96. The molecule has 110 valence electrons. The third-order valence-corrected chi connectivity index (χ3v) is 2.89. The summed E-state index contributed by atoms with van der Waals surface area (Å²) >= 11 is 0. The van der Waals surface area contributed by atoms with Crippen molar-refractivity contribution < 1.29 is 9.59 Å². The predicted octanol–water partition coefficient (Wildman–Crippen LogP) is 1.59. The Balaban J connectivity index is 2.49. The van der Waals surface area contributed by atoms with Gasteiger partial charge < -0.3 is 10.2 Å². The van der Waals surface area contributed by atoms with E-state index in [1.807, 2.05) is 32.9 Å². The molecule has 1 aromatic heterocycles. The molecule has 0 saturated heterocycles. The van der Waals surface area contributed by atoms with Gasteiger partial charge in [-0.3, -0.25) is 14.6 Å². The maximum absolute atomic E-state index is 11.7. The molecule has 2 amide bonds. The largest absolute Gasteiger partial charge is 0.354 e. The Labute approximate surface area is 120 Å². The molecule has 0 aliphatic rings. The van der Waals surface area contributed by atoms with Crippen molar-refractivity contribution in [3.8, 4) is 0 Å². The smallest absolute Gasteiger partial charge is 0.225 e. The van der Waals surface area contributed by atoms with Crippen LogP contribution in [-0.4, -0.2) is 34.8 Å². The second-order valence-corrected chi connectivity index (χ2v) is 5.81. The lowest BCUT2D eigenvalue weighted by Crippen LogP contribution is -2.41. The van der Waals surface area contributed by atoms with Crippen LogP contribution in [0.1, 0.15) is 33.3 Å². The summed E-state index contributed by atoms with van der Waals surface area (Å²) in [6.45, 7) is 8.57. The third kappa shape index (κ3) is 5.38. The molecule has 5 nitrogen and oxygen atoms in total. The molecule has 0 bridgehead atoms. The number of nitrogens with zero attached hydrogens (tertiary/aromatic N) is 2. The molecule has 0 aromatic carbocycles. The molecule has 1 heterocycles. The lowest BCUT2D eigenvalue weighted by molar-refractivity contribution is -0.131. The Kier molecular flexibility index (Phi) is 5.67. The summed E-state index contributed by atoms with van der Waals surface area (Å²) in [4.78, 5) is 29.1. The molecule has 0 radical (unpaired) electrons. The molecule has 1 rings (SSSR count). The predicted molar refractivity (Wildman–Crippen MR) is 77.8 cm³/mol. The van der Waals surface area contributed by atoms with Gasteiger partial charge in [-0.2, -0.15) is 0 Å². The summed E-state index contributed by atoms with van der Waals surface area (Å²) in [7, 11) is 0. The number of hydrogen-bond donors (Lipinski definition) is 1. The molecule has 0 fully saturated rings. The molecule has 0 aliphatic carbocycles. The van der Waals surface area contributed by atoms with E-state index in [0.717, 1.165) is 5.56 Å². The van der Waals surface area contributed by atoms with Crippen LogP contribution in [0.5, 0.6) is 0 Å². The highest BCUT2D eigenvalue weighted by molar-refractivity contribution is 5.81. The highest BCUT2D eigenvalue weighted by Crippen LogP contribution is 2.12. The van der Waals surface area contributed by atoms with Gasteiger partial charge in [-0.1, -0.05) is 26.8 Å². The van der Waals surface area contributed by atoms with Crippen LogP contribution >= 0.6 is 0 Å². The van der Waals surface area contributed by atoms with Gasteiger partial charge in [0.2, 0.25) is 11.8 Å². The van der Waals surface area contributed by atoms with Gasteiger partial charge >= 0.3 is 0 Å². The fourth-order valence-electron chi connectivity index (χ4n) is 1.63. The molecule has 0 spiro atoms. The first-order valence-electron chi connectivity index (χ1n) is 6.73. The van der Waals surface area contributed by atoms with Crippen LogP contribution in [0.3, 0.4) is 0 Å². The van der Waals surface area contributed by atoms with Gasteiger partial charge in [0.15, 0.2) is 0 Å². The van der Waals surface area contributed by atoms with Crippen LogP contribution in [0.15, 0.2) is 24.5 Å². The van der Waals surface area contributed by atoms with E-state index >= 15 is 0 Å². The van der Waals surface area contributed by atoms with E-state index in [2.05, 4.69) is 10.3 Å². The average Bonchev–Trinajstić information content (AvgIpc) is 2.37. The summed E-state index contributed by atoms with van der Waals surface area (Å²) in [5.74, 6) is -0.0266. The van der Waals surface area contributed by atoms with E-state index in [4.69, 9.17) is 0 Å². The van der Waals surface area contributed by atoms with Crippen molar-refractivity contribution in [2.75, 3.05) is 13.1 Å². The van der Waals surface area contributed by atoms with Crippen LogP contribution in [0.2, 0.25) is 0 Å². The van der Waals surface area contributed by atoms with E-state index < -0.39 is 5.41 Å². The van der Waals surface area contributed by atoms with Crippen molar-refractivity contribution >= 4 is 11.8 Å². The summed E-state index contributed by atoms with van der Waals surface area (Å²) in [6, 6.07) is 3.77. The number of hydrogen-bond acceptors (Lipinski definition) is 3. The maximum atomic E-state index is 11.7. The maximum Gasteiger partial charge on any atom is 0.225 e. The van der Waals surface area contributed by atoms with E-state index in [-0.39, 0.29) is 11.8 Å². The zero-order chi connectivity index (χ0) is 15.2. The molecule has 20 heavy (non-hydrogen) atoms. The van der Waals surface area contributed by atoms with E-state index in [1.165, 1.54) is 6.92 Å². The second kappa shape index (κ2) is 7.03. The minimum atomic E-state index is -0.412. The molecule has 5 heteroatoms. The Morgan fingerprint density at radius 3 is 2.55 bits per heavy atom. The molecule has 0 unspecified atom stereocenters. The van der Waals surface area contributed by atoms with Crippen LogP contribution in [0.25, 0.3) is 0 Å². The molecule has 0 saturated carbocycles. The van der Waals surface area contributed by atoms with E-state index in [1.54, 1.807) is 17.3 Å². The monoisotopic (exact) mass is 277 g/mol. The molecular weight excluding hydrogens is 254 g/mol. The third-order valence-electron chi connectivity index (χ3n) is 2.89. The number of nitrogens with one attached hydrogen (secondary N) is 1. The highest BCUT2D eigenvalue weighted by Gasteiger charge is 2.20. The van der Waals surface area contributed by atoms with E-state index in [0.29, 0.717) is 19.6 Å². The van der Waals surface area contributed by atoms with Crippen molar-refractivity contribution in [1.29, 1.82) is 0 Å². The van der Waals surface area contributed by atoms with Crippen LogP contribution < -0.4 is 5.32 Å². The Bertz CT molecular complexity index is 452. The summed E-state index contributed by atoms with van der Waals surface area (Å²) in [5.41, 5.74) is 0.564. The minimum absolute atomic E-state index is 0.0117. The molecule has 0 aliphatic heterocycles. The van der Waals surface area contributed by atoms with Crippen LogP contribution in [0.4, 0.5) is 0 Å². The average molecular weight is 277 g/mol. The molecule has 0 atom stereocenters. The number of amides is 2. The number of carbonyl (C=O) groups excluding carboxylic acids is 2. The fourth-order valence-corrected chi connectivity index (χ4v) is 1.63. The summed E-state index contributed by atoms with van der Waals surface area (Å²) < 4.78 is 0. The Hall–Kier alpha value is -1.91. The fraction of sp³-hybridized carbons (Fsp3) is 0.533. The molecular formula is C15H23N3O2. The number of rotatable bonds is 5. The van der Waals surface area contributed by atoms with Crippen molar-refractivity contribution in [1.82, 2.24) is 15.2 Å². The summed E-state index contributed by atoms with van der Waals surface area (Å²) in [5, 5.41) is 2.85. The minimum Gasteiger partial charge on any atom is -0.354 e. The van der Waals surface area contributed by atoms with Gasteiger partial charge in [0.05, 0.1) is 0 Å². The second-order valence-electron chi connectivity index (χ2n) is 5.81. The number of aromatic nitrogens is 1. The zero-order valence-electron chi connectivity index (χ0n) is 12.6. The van der Waals surface area contributed by atoms with Gasteiger partial charge in [-0.05, 0) is 11.6 Å². The van der Waals surface area contributed by atoms with Gasteiger partial charge in [-0.25, -0.2) is 0 Å². The molecule has 1 N–H and O–H groups in total. The zero-order valence-corrected chi connectivity index (χ0v) is 12.6. The standard InChI is InChI=1S/C15H23N3O2/c1-12(19)18(11-13-6-5-7-16-10-13)9-8-17-14(20)15(2,3)4/h5-7,10H,8-9,11H2,1-4H3,(H,17,20). The van der Waals surface area contributed by atoms with Crippen molar-refractivity contribution in [3.63, 3.8) is 0 Å². The van der Waals surface area contributed by atoms with Crippen molar-refractivity contribution in [2.24, 2.45) is 5.41 Å². The van der Waals surface area contributed by atoms with E-state index in [9.17, 15) is 9.59 Å². The normalized spacial score (nSPS) is 11.0. The molecule has 1 aromatic rings. The summed E-state index contributed by atoms with van der Waals surface area (Å²) in [6.07, 6.45) is 3.44. The van der Waals surface area contributed by atoms with Gasteiger partial charge in [-0.15, -0.1) is 0 Å². The number of carbonyl (C=O) groups is 2. The number of pyridine rings is 1. The Morgan fingerprint density at radius 2 is 2.05 bits per heavy atom. The van der Waals surface area contributed by atoms with Gasteiger partial charge in [0, 0.05) is 44.4 Å². The van der Waals surface area contributed by atoms with Gasteiger partial charge in [0.1, 0.15) is 0 Å². The quantitative estimate of drug-likeness (QED) is 0.889. The van der Waals surface area contributed by atoms with Crippen LogP contribution in [-0.2, 0) is 16.1 Å². The Morgan fingerprint density at radius 1 is 1.35 bits per heavy atom.